The fourth-order valence-electron chi connectivity index (χ4n) is 3.27. The van der Waals surface area contributed by atoms with Gasteiger partial charge in [-0.25, -0.2) is 5.43 Å². The highest BCUT2D eigenvalue weighted by molar-refractivity contribution is 6.35. The van der Waals surface area contributed by atoms with E-state index in [0.29, 0.717) is 46.0 Å². The van der Waals surface area contributed by atoms with E-state index in [9.17, 15) is 14.4 Å². The van der Waals surface area contributed by atoms with Crippen molar-refractivity contribution in [3.63, 3.8) is 0 Å². The minimum absolute atomic E-state index is 0.0654. The van der Waals surface area contributed by atoms with E-state index in [1.165, 1.54) is 6.21 Å². The van der Waals surface area contributed by atoms with Crippen LogP contribution in [-0.4, -0.2) is 56.4 Å². The molecule has 0 aliphatic carbocycles. The van der Waals surface area contributed by atoms with Crippen molar-refractivity contribution in [2.24, 2.45) is 5.10 Å². The van der Waals surface area contributed by atoms with Crippen molar-refractivity contribution in [2.45, 2.75) is 25.9 Å². The van der Waals surface area contributed by atoms with Crippen LogP contribution in [0.3, 0.4) is 0 Å². The Bertz CT molecular complexity index is 1100. The van der Waals surface area contributed by atoms with Gasteiger partial charge in [-0.3, -0.25) is 14.4 Å². The van der Waals surface area contributed by atoms with Gasteiger partial charge in [0.15, 0.2) is 18.1 Å². The van der Waals surface area contributed by atoms with Gasteiger partial charge in [0.2, 0.25) is 0 Å². The molecule has 3 amide bonds. The number of carbonyl (C=O) groups excluding carboxylic acids is 3. The zero-order valence-corrected chi connectivity index (χ0v) is 21.0. The summed E-state index contributed by atoms with van der Waals surface area (Å²) >= 11 is 11.9. The highest BCUT2D eigenvalue weighted by atomic mass is 35.5. The van der Waals surface area contributed by atoms with Gasteiger partial charge in [0.25, 0.3) is 5.91 Å². The van der Waals surface area contributed by atoms with E-state index in [1.54, 1.807) is 43.3 Å². The van der Waals surface area contributed by atoms with Gasteiger partial charge in [-0.05, 0) is 61.7 Å². The molecule has 0 aromatic heterocycles. The van der Waals surface area contributed by atoms with Gasteiger partial charge in [0.05, 0.1) is 18.9 Å². The van der Waals surface area contributed by atoms with E-state index in [2.05, 4.69) is 21.2 Å². The Hall–Kier alpha value is -3.34. The van der Waals surface area contributed by atoms with Crippen molar-refractivity contribution in [3.05, 3.63) is 52.0 Å². The van der Waals surface area contributed by atoms with Crippen molar-refractivity contribution < 1.29 is 28.6 Å². The predicted molar refractivity (Wildman–Crippen MR) is 136 cm³/mol. The van der Waals surface area contributed by atoms with E-state index in [0.717, 1.165) is 12.8 Å². The van der Waals surface area contributed by atoms with Gasteiger partial charge >= 0.3 is 11.8 Å². The third kappa shape index (κ3) is 8.71. The number of benzene rings is 2. The number of amides is 3. The van der Waals surface area contributed by atoms with Crippen LogP contribution in [0.2, 0.25) is 10.0 Å². The first-order valence-corrected chi connectivity index (χ1v) is 12.0. The quantitative estimate of drug-likeness (QED) is 0.243. The lowest BCUT2D eigenvalue weighted by Crippen LogP contribution is -2.41. The third-order valence-corrected chi connectivity index (χ3v) is 5.31. The molecule has 0 saturated carbocycles. The monoisotopic (exact) mass is 536 g/mol. The van der Waals surface area contributed by atoms with Crippen molar-refractivity contribution >= 4 is 52.8 Å². The topological polar surface area (TPSA) is 127 Å². The molecule has 1 fully saturated rings. The second kappa shape index (κ2) is 13.7. The lowest BCUT2D eigenvalue weighted by molar-refractivity contribution is -0.139. The fourth-order valence-corrected chi connectivity index (χ4v) is 3.79. The van der Waals surface area contributed by atoms with Crippen LogP contribution in [-0.2, 0) is 19.1 Å². The highest BCUT2D eigenvalue weighted by Crippen LogP contribution is 2.28. The summed E-state index contributed by atoms with van der Waals surface area (Å²) in [6.45, 7) is 2.81. The second-order valence-electron chi connectivity index (χ2n) is 7.68. The van der Waals surface area contributed by atoms with E-state index in [1.807, 2.05) is 0 Å². The summed E-state index contributed by atoms with van der Waals surface area (Å²) in [5, 5.41) is 9.77. The van der Waals surface area contributed by atoms with Crippen LogP contribution in [0.25, 0.3) is 0 Å². The Balaban J connectivity index is 1.51. The minimum Gasteiger partial charge on any atom is -0.490 e. The van der Waals surface area contributed by atoms with Crippen LogP contribution in [0.15, 0.2) is 41.5 Å². The number of carbonyl (C=O) groups is 3. The molecule has 12 heteroatoms. The predicted octanol–water partition coefficient (Wildman–Crippen LogP) is 3.15. The molecular weight excluding hydrogens is 511 g/mol. The molecule has 1 heterocycles. The Kier molecular flexibility index (Phi) is 10.3. The van der Waals surface area contributed by atoms with Crippen LogP contribution >= 0.6 is 23.2 Å². The normalized spacial score (nSPS) is 14.9. The first kappa shape index (κ1) is 27.3. The molecule has 10 nitrogen and oxygen atoms in total. The number of hydrogen-bond donors (Lipinski definition) is 3. The summed E-state index contributed by atoms with van der Waals surface area (Å²) in [6.07, 6.45) is 3.08. The maximum atomic E-state index is 12.3. The molecule has 192 valence electrons. The molecule has 0 radical (unpaired) electrons. The van der Waals surface area contributed by atoms with Crippen molar-refractivity contribution in [1.29, 1.82) is 0 Å². The van der Waals surface area contributed by atoms with Crippen LogP contribution in [0.4, 0.5) is 5.69 Å². The maximum absolute atomic E-state index is 12.3. The Morgan fingerprint density at radius 3 is 2.56 bits per heavy atom. The number of hydrazone groups is 1. The molecule has 1 aliphatic rings. The van der Waals surface area contributed by atoms with Crippen LogP contribution in [0, 0.1) is 0 Å². The van der Waals surface area contributed by atoms with Gasteiger partial charge in [0.1, 0.15) is 0 Å². The Morgan fingerprint density at radius 1 is 1.08 bits per heavy atom. The van der Waals surface area contributed by atoms with Crippen molar-refractivity contribution in [1.82, 2.24) is 10.7 Å². The molecule has 2 aromatic carbocycles. The zero-order chi connectivity index (χ0) is 25.9. The summed E-state index contributed by atoms with van der Waals surface area (Å²) in [6, 6.07) is 9.57. The Morgan fingerprint density at radius 2 is 1.86 bits per heavy atom. The van der Waals surface area contributed by atoms with E-state index < -0.39 is 17.7 Å². The van der Waals surface area contributed by atoms with E-state index >= 15 is 0 Å². The van der Waals surface area contributed by atoms with E-state index in [4.69, 9.17) is 37.4 Å². The Labute approximate surface area is 218 Å². The minimum atomic E-state index is -0.888. The van der Waals surface area contributed by atoms with Gasteiger partial charge in [0, 0.05) is 28.9 Å². The molecule has 36 heavy (non-hydrogen) atoms. The largest absolute Gasteiger partial charge is 0.490 e. The van der Waals surface area contributed by atoms with Gasteiger partial charge in [-0.15, -0.1) is 0 Å². The highest BCUT2D eigenvalue weighted by Gasteiger charge is 2.19. The number of nitrogens with zero attached hydrogens (tertiary/aromatic N) is 1. The number of ether oxygens (including phenoxy) is 3. The number of rotatable bonds is 10. The zero-order valence-electron chi connectivity index (χ0n) is 19.5. The maximum Gasteiger partial charge on any atom is 0.329 e. The summed E-state index contributed by atoms with van der Waals surface area (Å²) in [5.74, 6) is -1.38. The summed E-state index contributed by atoms with van der Waals surface area (Å²) < 4.78 is 16.6. The van der Waals surface area contributed by atoms with Crippen LogP contribution in [0.5, 0.6) is 11.5 Å². The SMILES string of the molecule is CCOc1cc(/C=N\NC(=O)C(=O)NC[C@@H]2CCCO2)ccc1OCC(=O)Nc1cc(Cl)cc(Cl)c1. The molecule has 0 bridgehead atoms. The number of anilines is 1. The van der Waals surface area contributed by atoms with Crippen molar-refractivity contribution in [3.8, 4) is 11.5 Å². The summed E-state index contributed by atoms with van der Waals surface area (Å²) in [7, 11) is 0. The number of nitrogens with one attached hydrogen (secondary N) is 3. The third-order valence-electron chi connectivity index (χ3n) is 4.87. The van der Waals surface area contributed by atoms with E-state index in [-0.39, 0.29) is 19.3 Å². The summed E-state index contributed by atoms with van der Waals surface area (Å²) in [4.78, 5) is 36.0. The standard InChI is InChI=1S/C24H26Cl2N4O6/c1-2-34-21-8-15(12-28-30-24(33)23(32)27-13-19-4-3-7-35-19)5-6-20(21)36-14-22(31)29-18-10-16(25)9-17(26)11-18/h5-6,8-12,19H,2-4,7,13-14H2,1H3,(H,27,32)(H,29,31)(H,30,33)/b28-12-/t19-/m0/s1. The summed E-state index contributed by atoms with van der Waals surface area (Å²) in [5.41, 5.74) is 3.20. The molecule has 1 aliphatic heterocycles. The van der Waals surface area contributed by atoms with Crippen molar-refractivity contribution in [2.75, 3.05) is 31.7 Å². The fraction of sp³-hybridized carbons (Fsp3) is 0.333. The molecule has 3 N–H and O–H groups in total. The molecule has 1 saturated heterocycles. The molecule has 1 atom stereocenters. The number of halogens is 2. The van der Waals surface area contributed by atoms with Gasteiger partial charge in [-0.2, -0.15) is 5.10 Å². The lowest BCUT2D eigenvalue weighted by atomic mass is 10.2. The average Bonchev–Trinajstić information content (AvgIpc) is 3.35. The molecular formula is C24H26Cl2N4O6. The molecule has 2 aromatic rings. The first-order chi connectivity index (χ1) is 17.3. The van der Waals surface area contributed by atoms with Crippen LogP contribution < -0.4 is 25.5 Å². The number of hydrogen-bond acceptors (Lipinski definition) is 7. The first-order valence-electron chi connectivity index (χ1n) is 11.2. The molecule has 0 unspecified atom stereocenters. The molecule has 3 rings (SSSR count). The van der Waals surface area contributed by atoms with Crippen LogP contribution in [0.1, 0.15) is 25.3 Å². The molecule has 0 spiro atoms. The lowest BCUT2D eigenvalue weighted by Gasteiger charge is -2.13. The van der Waals surface area contributed by atoms with Gasteiger partial charge < -0.3 is 24.8 Å². The smallest absolute Gasteiger partial charge is 0.329 e. The van der Waals surface area contributed by atoms with Gasteiger partial charge in [-0.1, -0.05) is 23.2 Å². The average molecular weight is 537 g/mol. The second-order valence-corrected chi connectivity index (χ2v) is 8.55.